The van der Waals surface area contributed by atoms with Crippen molar-refractivity contribution >= 4 is 5.65 Å². The Morgan fingerprint density at radius 1 is 1.14 bits per heavy atom. The van der Waals surface area contributed by atoms with Crippen LogP contribution in [0.2, 0.25) is 0 Å². The first kappa shape index (κ1) is 17.6. The second-order valence-electron chi connectivity index (χ2n) is 6.27. The number of benzene rings is 2. The summed E-state index contributed by atoms with van der Waals surface area (Å²) in [5, 5.41) is 11.9. The minimum absolute atomic E-state index is 0.167. The van der Waals surface area contributed by atoms with Crippen LogP contribution in [-0.2, 0) is 6.42 Å². The number of hydrogen-bond acceptors (Lipinski definition) is 3. The molecule has 2 aromatic carbocycles. The van der Waals surface area contributed by atoms with Crippen LogP contribution in [0.25, 0.3) is 28.0 Å². The zero-order valence-corrected chi connectivity index (χ0v) is 14.8. The third-order valence-electron chi connectivity index (χ3n) is 4.55. The number of H-pyrrole nitrogens is 1. The van der Waals surface area contributed by atoms with Gasteiger partial charge in [-0.05, 0) is 30.7 Å². The van der Waals surface area contributed by atoms with Crippen molar-refractivity contribution in [3.8, 4) is 28.5 Å². The van der Waals surface area contributed by atoms with E-state index in [1.807, 2.05) is 13.0 Å². The normalized spacial score (nSPS) is 10.9. The Kier molecular flexibility index (Phi) is 4.24. The number of aryl methyl sites for hydroxylation is 1. The van der Waals surface area contributed by atoms with Crippen molar-refractivity contribution in [1.82, 2.24) is 14.6 Å². The molecule has 4 rings (SSSR count). The van der Waals surface area contributed by atoms with Crippen molar-refractivity contribution < 1.29 is 8.78 Å². The fourth-order valence-electron chi connectivity index (χ4n) is 3.18. The summed E-state index contributed by atoms with van der Waals surface area (Å²) in [4.78, 5) is 17.2. The molecule has 0 unspecified atom stereocenters. The van der Waals surface area contributed by atoms with E-state index in [9.17, 15) is 13.6 Å². The summed E-state index contributed by atoms with van der Waals surface area (Å²) >= 11 is 0. The zero-order chi connectivity index (χ0) is 19.8. The third-order valence-corrected chi connectivity index (χ3v) is 4.55. The van der Waals surface area contributed by atoms with Crippen LogP contribution < -0.4 is 5.56 Å². The number of nitrogens with zero attached hydrogens (tertiary/aromatic N) is 3. The van der Waals surface area contributed by atoms with Crippen LogP contribution >= 0.6 is 0 Å². The maximum atomic E-state index is 14.5. The van der Waals surface area contributed by atoms with Gasteiger partial charge in [-0.25, -0.2) is 18.3 Å². The minimum atomic E-state index is -0.728. The van der Waals surface area contributed by atoms with Crippen LogP contribution in [0.4, 0.5) is 8.78 Å². The van der Waals surface area contributed by atoms with Gasteiger partial charge in [-0.1, -0.05) is 19.1 Å². The van der Waals surface area contributed by atoms with Crippen LogP contribution in [0.1, 0.15) is 18.2 Å². The average Bonchev–Trinajstić information content (AvgIpc) is 3.07. The standard InChI is InChI=1S/C21H14F2N4O/c1-2-17-20(15-8-7-14(22)9-16(15)23)21-25-18(10-19(28)27(21)26-17)13-5-3-12(11-24)4-6-13/h3-10,26H,2H2,1H3. The van der Waals surface area contributed by atoms with Gasteiger partial charge in [0.2, 0.25) is 0 Å². The number of nitriles is 1. The molecule has 4 aromatic rings. The number of halogens is 2. The lowest BCUT2D eigenvalue weighted by Crippen LogP contribution is -2.14. The molecular formula is C21H14F2N4O. The molecule has 2 heterocycles. The molecule has 0 aliphatic carbocycles. The van der Waals surface area contributed by atoms with Gasteiger partial charge in [0.1, 0.15) is 11.6 Å². The Morgan fingerprint density at radius 3 is 2.54 bits per heavy atom. The SMILES string of the molecule is CCc1[nH]n2c(=O)cc(-c3ccc(C#N)cc3)nc2c1-c1ccc(F)cc1F. The summed E-state index contributed by atoms with van der Waals surface area (Å²) in [6.07, 6.45) is 0.501. The molecule has 0 aliphatic heterocycles. The molecule has 0 amide bonds. The molecular weight excluding hydrogens is 362 g/mol. The zero-order valence-electron chi connectivity index (χ0n) is 14.8. The van der Waals surface area contributed by atoms with Crippen molar-refractivity contribution in [3.05, 3.63) is 81.8 Å². The van der Waals surface area contributed by atoms with Crippen LogP contribution in [0.3, 0.4) is 0 Å². The van der Waals surface area contributed by atoms with Crippen LogP contribution in [0.15, 0.2) is 53.3 Å². The molecule has 0 aliphatic rings. The quantitative estimate of drug-likeness (QED) is 0.586. The van der Waals surface area contributed by atoms with E-state index >= 15 is 0 Å². The van der Waals surface area contributed by atoms with Crippen LogP contribution in [-0.4, -0.2) is 14.6 Å². The maximum Gasteiger partial charge on any atom is 0.273 e. The first-order valence-electron chi connectivity index (χ1n) is 8.62. The number of aromatic nitrogens is 3. The summed E-state index contributed by atoms with van der Waals surface area (Å²) in [5.74, 6) is -1.41. The summed E-state index contributed by atoms with van der Waals surface area (Å²) in [6.45, 7) is 1.86. The molecule has 1 N–H and O–H groups in total. The van der Waals surface area contributed by atoms with E-state index in [2.05, 4.69) is 10.1 Å². The third kappa shape index (κ3) is 2.85. The highest BCUT2D eigenvalue weighted by molar-refractivity contribution is 5.81. The molecule has 2 aromatic heterocycles. The highest BCUT2D eigenvalue weighted by Crippen LogP contribution is 2.31. The van der Waals surface area contributed by atoms with E-state index in [0.717, 1.165) is 6.07 Å². The van der Waals surface area contributed by atoms with E-state index in [-0.39, 0.29) is 16.8 Å². The number of aromatic amines is 1. The van der Waals surface area contributed by atoms with Crippen molar-refractivity contribution in [3.63, 3.8) is 0 Å². The second-order valence-corrected chi connectivity index (χ2v) is 6.27. The Labute approximate surface area is 158 Å². The molecule has 0 spiro atoms. The van der Waals surface area contributed by atoms with E-state index in [4.69, 9.17) is 5.26 Å². The lowest BCUT2D eigenvalue weighted by atomic mass is 10.0. The number of fused-ring (bicyclic) bond motifs is 1. The van der Waals surface area contributed by atoms with E-state index in [0.29, 0.717) is 34.5 Å². The molecule has 0 fully saturated rings. The lowest BCUT2D eigenvalue weighted by Gasteiger charge is -2.05. The monoisotopic (exact) mass is 376 g/mol. The summed E-state index contributed by atoms with van der Waals surface area (Å²) < 4.78 is 29.1. The van der Waals surface area contributed by atoms with Crippen molar-refractivity contribution in [1.29, 1.82) is 5.26 Å². The van der Waals surface area contributed by atoms with Crippen molar-refractivity contribution in [2.24, 2.45) is 0 Å². The van der Waals surface area contributed by atoms with E-state index in [1.165, 1.54) is 22.7 Å². The van der Waals surface area contributed by atoms with Gasteiger partial charge >= 0.3 is 0 Å². The fourth-order valence-corrected chi connectivity index (χ4v) is 3.18. The van der Waals surface area contributed by atoms with Crippen LogP contribution in [0, 0.1) is 23.0 Å². The Hall–Kier alpha value is -3.79. The molecule has 0 bridgehead atoms. The Morgan fingerprint density at radius 2 is 1.89 bits per heavy atom. The van der Waals surface area contributed by atoms with Gasteiger partial charge in [0.15, 0.2) is 5.65 Å². The molecule has 0 atom stereocenters. The van der Waals surface area contributed by atoms with Gasteiger partial charge in [0.05, 0.1) is 22.9 Å². The average molecular weight is 376 g/mol. The van der Waals surface area contributed by atoms with Gasteiger partial charge in [0.25, 0.3) is 5.56 Å². The predicted octanol–water partition coefficient (Wildman–Crippen LogP) is 4.07. The maximum absolute atomic E-state index is 14.5. The summed E-state index contributed by atoms with van der Waals surface area (Å²) in [6, 6.07) is 13.4. The van der Waals surface area contributed by atoms with Gasteiger partial charge in [0, 0.05) is 29.0 Å². The first-order valence-corrected chi connectivity index (χ1v) is 8.62. The van der Waals surface area contributed by atoms with E-state index < -0.39 is 11.6 Å². The predicted molar refractivity (Wildman–Crippen MR) is 101 cm³/mol. The highest BCUT2D eigenvalue weighted by atomic mass is 19.1. The van der Waals surface area contributed by atoms with Crippen molar-refractivity contribution in [2.45, 2.75) is 13.3 Å². The highest BCUT2D eigenvalue weighted by Gasteiger charge is 2.19. The number of rotatable bonds is 3. The summed E-state index contributed by atoms with van der Waals surface area (Å²) in [5.41, 5.74) is 2.66. The number of nitrogens with one attached hydrogen (secondary N) is 1. The van der Waals surface area contributed by atoms with E-state index in [1.54, 1.807) is 24.3 Å². The molecule has 7 heteroatoms. The summed E-state index contributed by atoms with van der Waals surface area (Å²) in [7, 11) is 0. The molecule has 0 saturated heterocycles. The van der Waals surface area contributed by atoms with Gasteiger partial charge < -0.3 is 0 Å². The topological polar surface area (TPSA) is 73.9 Å². The molecule has 5 nitrogen and oxygen atoms in total. The molecule has 0 radical (unpaired) electrons. The van der Waals surface area contributed by atoms with Crippen LogP contribution in [0.5, 0.6) is 0 Å². The number of hydrogen-bond donors (Lipinski definition) is 1. The molecule has 28 heavy (non-hydrogen) atoms. The first-order chi connectivity index (χ1) is 13.5. The second kappa shape index (κ2) is 6.74. The van der Waals surface area contributed by atoms with Gasteiger partial charge in [-0.3, -0.25) is 9.89 Å². The lowest BCUT2D eigenvalue weighted by molar-refractivity contribution is 0.585. The molecule has 0 saturated carbocycles. The largest absolute Gasteiger partial charge is 0.293 e. The molecule has 138 valence electrons. The van der Waals surface area contributed by atoms with Gasteiger partial charge in [-0.15, -0.1) is 0 Å². The fraction of sp³-hybridized carbons (Fsp3) is 0.0952. The van der Waals surface area contributed by atoms with Gasteiger partial charge in [-0.2, -0.15) is 5.26 Å². The minimum Gasteiger partial charge on any atom is -0.293 e. The smallest absolute Gasteiger partial charge is 0.273 e. The van der Waals surface area contributed by atoms with Crippen molar-refractivity contribution in [2.75, 3.05) is 0 Å². The Balaban J connectivity index is 2.00. The Bertz CT molecular complexity index is 1300.